The monoisotopic (exact) mass is 262 g/mol. The Morgan fingerprint density at radius 1 is 1.17 bits per heavy atom. The fourth-order valence-electron chi connectivity index (χ4n) is 1.47. The molecule has 2 aromatic carbocycles. The summed E-state index contributed by atoms with van der Waals surface area (Å²) in [5.41, 5.74) is 6.70. The normalized spacial score (nSPS) is 10.1. The molecule has 0 fully saturated rings. The van der Waals surface area contributed by atoms with Crippen molar-refractivity contribution in [2.75, 3.05) is 11.1 Å². The van der Waals surface area contributed by atoms with Gasteiger partial charge in [0.25, 0.3) is 5.91 Å². The van der Waals surface area contributed by atoms with Crippen molar-refractivity contribution in [2.24, 2.45) is 0 Å². The minimum Gasteiger partial charge on any atom is -0.507 e. The number of aromatic hydroxyl groups is 1. The van der Waals surface area contributed by atoms with Gasteiger partial charge in [-0.15, -0.1) is 0 Å². The molecule has 92 valence electrons. The van der Waals surface area contributed by atoms with Crippen molar-refractivity contribution >= 4 is 28.9 Å². The minimum atomic E-state index is -0.429. The SMILES string of the molecule is Nc1ccc(O)c(C(=O)Nc2ccc(Cl)cc2)c1. The zero-order chi connectivity index (χ0) is 13.1. The number of benzene rings is 2. The van der Waals surface area contributed by atoms with Crippen LogP contribution in [0.1, 0.15) is 10.4 Å². The molecule has 0 radical (unpaired) electrons. The highest BCUT2D eigenvalue weighted by atomic mass is 35.5. The molecule has 0 aliphatic carbocycles. The zero-order valence-electron chi connectivity index (χ0n) is 9.35. The summed E-state index contributed by atoms with van der Waals surface area (Å²) in [5, 5.41) is 12.8. The molecule has 0 unspecified atom stereocenters. The minimum absolute atomic E-state index is 0.115. The van der Waals surface area contributed by atoms with Crippen LogP contribution in [0.3, 0.4) is 0 Å². The van der Waals surface area contributed by atoms with E-state index in [2.05, 4.69) is 5.32 Å². The van der Waals surface area contributed by atoms with Crippen molar-refractivity contribution < 1.29 is 9.90 Å². The average Bonchev–Trinajstić information content (AvgIpc) is 2.35. The lowest BCUT2D eigenvalue weighted by Crippen LogP contribution is -2.12. The van der Waals surface area contributed by atoms with E-state index in [1.165, 1.54) is 18.2 Å². The predicted octanol–water partition coefficient (Wildman–Crippen LogP) is 2.88. The second kappa shape index (κ2) is 4.98. The maximum atomic E-state index is 11.9. The lowest BCUT2D eigenvalue weighted by atomic mass is 10.1. The van der Waals surface area contributed by atoms with E-state index in [0.717, 1.165) is 0 Å². The van der Waals surface area contributed by atoms with Gasteiger partial charge >= 0.3 is 0 Å². The van der Waals surface area contributed by atoms with Crippen molar-refractivity contribution in [3.63, 3.8) is 0 Å². The molecule has 0 aliphatic rings. The summed E-state index contributed by atoms with van der Waals surface area (Å²) >= 11 is 5.74. The van der Waals surface area contributed by atoms with Crippen molar-refractivity contribution in [1.29, 1.82) is 0 Å². The number of hydrogen-bond donors (Lipinski definition) is 3. The Morgan fingerprint density at radius 2 is 1.83 bits per heavy atom. The fraction of sp³-hybridized carbons (Fsp3) is 0. The van der Waals surface area contributed by atoms with Crippen LogP contribution in [-0.2, 0) is 0 Å². The van der Waals surface area contributed by atoms with Crippen molar-refractivity contribution in [1.82, 2.24) is 0 Å². The lowest BCUT2D eigenvalue weighted by Gasteiger charge is -2.07. The molecule has 0 bridgehead atoms. The topological polar surface area (TPSA) is 75.3 Å². The Kier molecular flexibility index (Phi) is 3.39. The smallest absolute Gasteiger partial charge is 0.259 e. The molecular weight excluding hydrogens is 252 g/mol. The Bertz CT molecular complexity index is 582. The third kappa shape index (κ3) is 2.73. The van der Waals surface area contributed by atoms with Crippen LogP contribution >= 0.6 is 11.6 Å². The van der Waals surface area contributed by atoms with E-state index in [1.807, 2.05) is 0 Å². The van der Waals surface area contributed by atoms with E-state index >= 15 is 0 Å². The van der Waals surface area contributed by atoms with Crippen LogP contribution in [0, 0.1) is 0 Å². The summed E-state index contributed by atoms with van der Waals surface area (Å²) in [6.45, 7) is 0. The van der Waals surface area contributed by atoms with Gasteiger partial charge in [0.05, 0.1) is 5.56 Å². The number of amides is 1. The van der Waals surface area contributed by atoms with Crippen molar-refractivity contribution in [2.45, 2.75) is 0 Å². The van der Waals surface area contributed by atoms with Crippen LogP contribution in [0.4, 0.5) is 11.4 Å². The molecule has 0 spiro atoms. The number of anilines is 2. The first kappa shape index (κ1) is 12.3. The number of hydrogen-bond acceptors (Lipinski definition) is 3. The van der Waals surface area contributed by atoms with Gasteiger partial charge in [-0.25, -0.2) is 0 Å². The number of carbonyl (C=O) groups excluding carboxylic acids is 1. The molecule has 0 atom stereocenters. The van der Waals surface area contributed by atoms with E-state index in [0.29, 0.717) is 16.4 Å². The number of halogens is 1. The predicted molar refractivity (Wildman–Crippen MR) is 71.9 cm³/mol. The van der Waals surface area contributed by atoms with Gasteiger partial charge in [-0.1, -0.05) is 11.6 Å². The first-order valence-electron chi connectivity index (χ1n) is 5.21. The molecule has 5 heteroatoms. The van der Waals surface area contributed by atoms with Gasteiger partial charge in [-0.3, -0.25) is 4.79 Å². The second-order valence-electron chi connectivity index (χ2n) is 3.74. The molecule has 18 heavy (non-hydrogen) atoms. The molecule has 0 saturated carbocycles. The number of phenols is 1. The van der Waals surface area contributed by atoms with Gasteiger partial charge in [-0.2, -0.15) is 0 Å². The summed E-state index contributed by atoms with van der Waals surface area (Å²) in [4.78, 5) is 11.9. The molecule has 0 heterocycles. The lowest BCUT2D eigenvalue weighted by molar-refractivity contribution is 0.102. The number of rotatable bonds is 2. The summed E-state index contributed by atoms with van der Waals surface area (Å²) in [5.74, 6) is -0.544. The van der Waals surface area contributed by atoms with Gasteiger partial charge < -0.3 is 16.2 Å². The van der Waals surface area contributed by atoms with Gasteiger partial charge in [0.15, 0.2) is 0 Å². The quantitative estimate of drug-likeness (QED) is 0.575. The van der Waals surface area contributed by atoms with Crippen LogP contribution in [0.15, 0.2) is 42.5 Å². The van der Waals surface area contributed by atoms with Gasteiger partial charge in [0, 0.05) is 16.4 Å². The Morgan fingerprint density at radius 3 is 2.50 bits per heavy atom. The third-order valence-corrected chi connectivity index (χ3v) is 2.62. The van der Waals surface area contributed by atoms with Gasteiger partial charge in [0.1, 0.15) is 5.75 Å². The standard InChI is InChI=1S/C13H11ClN2O2/c14-8-1-4-10(5-2-8)16-13(18)11-7-9(15)3-6-12(11)17/h1-7,17H,15H2,(H,16,18). The van der Waals surface area contributed by atoms with Crippen molar-refractivity contribution in [3.05, 3.63) is 53.1 Å². The number of nitrogens with one attached hydrogen (secondary N) is 1. The summed E-state index contributed by atoms with van der Waals surface area (Å²) in [7, 11) is 0. The average molecular weight is 263 g/mol. The molecule has 0 saturated heterocycles. The molecule has 0 aliphatic heterocycles. The highest BCUT2D eigenvalue weighted by Crippen LogP contribution is 2.21. The number of phenolic OH excluding ortho intramolecular Hbond substituents is 1. The van der Waals surface area contributed by atoms with E-state index in [9.17, 15) is 9.90 Å². The van der Waals surface area contributed by atoms with E-state index in [4.69, 9.17) is 17.3 Å². The number of nitrogens with two attached hydrogens (primary N) is 1. The molecule has 1 amide bonds. The molecule has 4 nitrogen and oxygen atoms in total. The first-order chi connectivity index (χ1) is 8.56. The molecular formula is C13H11ClN2O2. The zero-order valence-corrected chi connectivity index (χ0v) is 10.1. The molecule has 2 aromatic rings. The first-order valence-corrected chi connectivity index (χ1v) is 5.59. The van der Waals surface area contributed by atoms with E-state index in [1.54, 1.807) is 24.3 Å². The highest BCUT2D eigenvalue weighted by Gasteiger charge is 2.11. The van der Waals surface area contributed by atoms with Gasteiger partial charge in [0.2, 0.25) is 0 Å². The second-order valence-corrected chi connectivity index (χ2v) is 4.17. The third-order valence-electron chi connectivity index (χ3n) is 2.37. The van der Waals surface area contributed by atoms with Crippen LogP contribution in [0.5, 0.6) is 5.75 Å². The Labute approximate surface area is 109 Å². The summed E-state index contributed by atoms with van der Waals surface area (Å²) in [6, 6.07) is 11.0. The Balaban J connectivity index is 2.21. The van der Waals surface area contributed by atoms with Crippen LogP contribution in [0.2, 0.25) is 5.02 Å². The van der Waals surface area contributed by atoms with Gasteiger partial charge in [-0.05, 0) is 42.5 Å². The largest absolute Gasteiger partial charge is 0.507 e. The van der Waals surface area contributed by atoms with Crippen LogP contribution in [0.25, 0.3) is 0 Å². The van der Waals surface area contributed by atoms with Crippen LogP contribution < -0.4 is 11.1 Å². The molecule has 0 aromatic heterocycles. The summed E-state index contributed by atoms with van der Waals surface area (Å²) < 4.78 is 0. The number of nitrogen functional groups attached to an aromatic ring is 1. The summed E-state index contributed by atoms with van der Waals surface area (Å²) in [6.07, 6.45) is 0. The molecule has 2 rings (SSSR count). The van der Waals surface area contributed by atoms with E-state index in [-0.39, 0.29) is 11.3 Å². The fourth-order valence-corrected chi connectivity index (χ4v) is 1.59. The number of carbonyl (C=O) groups is 1. The maximum absolute atomic E-state index is 11.9. The van der Waals surface area contributed by atoms with Crippen molar-refractivity contribution in [3.8, 4) is 5.75 Å². The van der Waals surface area contributed by atoms with Crippen LogP contribution in [-0.4, -0.2) is 11.0 Å². The highest BCUT2D eigenvalue weighted by molar-refractivity contribution is 6.30. The molecule has 4 N–H and O–H groups in total. The van der Waals surface area contributed by atoms with E-state index < -0.39 is 5.91 Å². The Hall–Kier alpha value is -2.20. The maximum Gasteiger partial charge on any atom is 0.259 e.